The van der Waals surface area contributed by atoms with Crippen molar-refractivity contribution in [3.63, 3.8) is 0 Å². The van der Waals surface area contributed by atoms with Crippen LogP contribution in [0.2, 0.25) is 0 Å². The van der Waals surface area contributed by atoms with E-state index in [1.54, 1.807) is 12.1 Å². The number of rotatable bonds is 4. The van der Waals surface area contributed by atoms with E-state index in [2.05, 4.69) is 4.72 Å². The molecule has 17 heavy (non-hydrogen) atoms. The van der Waals surface area contributed by atoms with Crippen molar-refractivity contribution in [1.82, 2.24) is 9.03 Å². The van der Waals surface area contributed by atoms with E-state index in [0.717, 1.165) is 9.87 Å². The van der Waals surface area contributed by atoms with Crippen molar-refractivity contribution in [3.8, 4) is 6.07 Å². The summed E-state index contributed by atoms with van der Waals surface area (Å²) in [5, 5.41) is 9.05. The maximum Gasteiger partial charge on any atom is 0.280 e. The average molecular weight is 253 g/mol. The normalized spacial score (nSPS) is 13.4. The van der Waals surface area contributed by atoms with Gasteiger partial charge in [-0.05, 0) is 18.1 Å². The molecule has 0 spiro atoms. The Labute approximate surface area is 102 Å². The molecule has 1 unspecified atom stereocenters. The topological polar surface area (TPSA) is 73.2 Å². The molecule has 0 aliphatic rings. The molecular formula is C11H15N3O2S. The molecule has 1 aromatic carbocycles. The van der Waals surface area contributed by atoms with Crippen LogP contribution < -0.4 is 4.72 Å². The first-order chi connectivity index (χ1) is 7.88. The van der Waals surface area contributed by atoms with Crippen molar-refractivity contribution in [2.24, 2.45) is 0 Å². The third kappa shape index (κ3) is 3.27. The molecule has 6 heteroatoms. The fraction of sp³-hybridized carbons (Fsp3) is 0.364. The Morgan fingerprint density at radius 3 is 2.41 bits per heavy atom. The Balaban J connectivity index is 3.04. The summed E-state index contributed by atoms with van der Waals surface area (Å²) in [7, 11) is -0.791. The van der Waals surface area contributed by atoms with Crippen LogP contribution in [0.25, 0.3) is 0 Å². The molecule has 0 saturated carbocycles. The average Bonchev–Trinajstić information content (AvgIpc) is 2.26. The van der Waals surface area contributed by atoms with E-state index in [1.807, 2.05) is 25.1 Å². The highest BCUT2D eigenvalue weighted by Gasteiger charge is 2.21. The predicted octanol–water partition coefficient (Wildman–Crippen LogP) is 0.956. The highest BCUT2D eigenvalue weighted by Crippen LogP contribution is 2.17. The van der Waals surface area contributed by atoms with Crippen LogP contribution in [0.1, 0.15) is 17.2 Å². The van der Waals surface area contributed by atoms with Gasteiger partial charge in [-0.15, -0.1) is 0 Å². The second kappa shape index (κ2) is 5.27. The van der Waals surface area contributed by atoms with Crippen molar-refractivity contribution >= 4 is 10.2 Å². The van der Waals surface area contributed by atoms with Crippen LogP contribution in [0.5, 0.6) is 0 Å². The first-order valence-corrected chi connectivity index (χ1v) is 6.47. The molecule has 1 rings (SSSR count). The van der Waals surface area contributed by atoms with Crippen LogP contribution in [0.4, 0.5) is 0 Å². The first-order valence-electron chi connectivity index (χ1n) is 5.03. The number of hydrogen-bond donors (Lipinski definition) is 1. The van der Waals surface area contributed by atoms with Crippen LogP contribution >= 0.6 is 0 Å². The Bertz CT molecular complexity index is 532. The van der Waals surface area contributed by atoms with Gasteiger partial charge in [0.15, 0.2) is 0 Å². The Kier molecular flexibility index (Phi) is 4.23. The monoisotopic (exact) mass is 253 g/mol. The lowest BCUT2D eigenvalue weighted by atomic mass is 10.0. The molecule has 0 amide bonds. The summed E-state index contributed by atoms with van der Waals surface area (Å²) in [6, 6.07) is 8.27. The lowest BCUT2D eigenvalue weighted by molar-refractivity contribution is 0.500. The molecule has 0 aliphatic carbocycles. The summed E-state index contributed by atoms with van der Waals surface area (Å²) >= 11 is 0. The minimum Gasteiger partial charge on any atom is -0.196 e. The zero-order valence-electron chi connectivity index (χ0n) is 10.0. The Hall–Kier alpha value is -1.42. The minimum atomic E-state index is -3.61. The second-order valence-corrected chi connectivity index (χ2v) is 5.74. The smallest absolute Gasteiger partial charge is 0.196 e. The van der Waals surface area contributed by atoms with E-state index in [-0.39, 0.29) is 0 Å². The maximum atomic E-state index is 11.6. The third-order valence-electron chi connectivity index (χ3n) is 2.38. The minimum absolute atomic E-state index is 0.667. The molecule has 0 heterocycles. The molecule has 0 saturated heterocycles. The van der Waals surface area contributed by atoms with Gasteiger partial charge >= 0.3 is 0 Å². The van der Waals surface area contributed by atoms with Gasteiger partial charge < -0.3 is 0 Å². The van der Waals surface area contributed by atoms with Gasteiger partial charge in [0.05, 0.1) is 6.07 Å². The van der Waals surface area contributed by atoms with Crippen LogP contribution in [0.3, 0.4) is 0 Å². The molecule has 0 aromatic heterocycles. The number of benzene rings is 1. The van der Waals surface area contributed by atoms with Gasteiger partial charge in [-0.3, -0.25) is 0 Å². The van der Waals surface area contributed by atoms with Gasteiger partial charge in [-0.2, -0.15) is 22.7 Å². The summed E-state index contributed by atoms with van der Waals surface area (Å²) in [6.07, 6.45) is 0. The van der Waals surface area contributed by atoms with E-state index < -0.39 is 16.3 Å². The fourth-order valence-electron chi connectivity index (χ4n) is 1.32. The number of nitriles is 1. The number of aryl methyl sites for hydroxylation is 1. The van der Waals surface area contributed by atoms with E-state index in [9.17, 15) is 8.42 Å². The summed E-state index contributed by atoms with van der Waals surface area (Å²) in [4.78, 5) is 0. The molecule has 1 aromatic rings. The molecule has 1 atom stereocenters. The highest BCUT2D eigenvalue weighted by atomic mass is 32.2. The van der Waals surface area contributed by atoms with Gasteiger partial charge in [0.2, 0.25) is 0 Å². The van der Waals surface area contributed by atoms with E-state index in [4.69, 9.17) is 5.26 Å². The van der Waals surface area contributed by atoms with Crippen molar-refractivity contribution in [3.05, 3.63) is 35.4 Å². The van der Waals surface area contributed by atoms with Gasteiger partial charge in [0.25, 0.3) is 10.2 Å². The predicted molar refractivity (Wildman–Crippen MR) is 65.3 cm³/mol. The third-order valence-corrected chi connectivity index (χ3v) is 3.87. The number of nitrogens with zero attached hydrogens (tertiary/aromatic N) is 2. The summed E-state index contributed by atoms with van der Waals surface area (Å²) in [5.41, 5.74) is 1.54. The summed E-state index contributed by atoms with van der Waals surface area (Å²) in [5.74, 6) is 0. The molecule has 0 fully saturated rings. The van der Waals surface area contributed by atoms with E-state index in [1.165, 1.54) is 14.1 Å². The van der Waals surface area contributed by atoms with Gasteiger partial charge in [0.1, 0.15) is 6.04 Å². The van der Waals surface area contributed by atoms with Gasteiger partial charge in [-0.25, -0.2) is 0 Å². The SMILES string of the molecule is Cc1ccccc1C(C#N)NS(=O)(=O)N(C)C. The molecule has 92 valence electrons. The van der Waals surface area contributed by atoms with Gasteiger partial charge in [0, 0.05) is 14.1 Å². The van der Waals surface area contributed by atoms with Crippen molar-refractivity contribution in [2.45, 2.75) is 13.0 Å². The zero-order valence-corrected chi connectivity index (χ0v) is 10.8. The number of nitrogens with one attached hydrogen (secondary N) is 1. The quantitative estimate of drug-likeness (QED) is 0.868. The van der Waals surface area contributed by atoms with Crippen molar-refractivity contribution in [2.75, 3.05) is 14.1 Å². The van der Waals surface area contributed by atoms with Crippen LogP contribution in [0.15, 0.2) is 24.3 Å². The molecule has 1 N–H and O–H groups in total. The maximum absolute atomic E-state index is 11.6. The number of hydrogen-bond acceptors (Lipinski definition) is 3. The fourth-order valence-corrected chi connectivity index (χ4v) is 2.01. The second-order valence-electron chi connectivity index (χ2n) is 3.82. The lowest BCUT2D eigenvalue weighted by Gasteiger charge is -2.17. The molecular weight excluding hydrogens is 238 g/mol. The van der Waals surface area contributed by atoms with Crippen molar-refractivity contribution in [1.29, 1.82) is 5.26 Å². The standard InChI is InChI=1S/C11H15N3O2S/c1-9-6-4-5-7-10(9)11(8-12)13-17(15,16)14(2)3/h4-7,11,13H,1-3H3. The molecule has 0 bridgehead atoms. The summed E-state index contributed by atoms with van der Waals surface area (Å²) < 4.78 is 26.7. The highest BCUT2D eigenvalue weighted by molar-refractivity contribution is 7.87. The summed E-state index contributed by atoms with van der Waals surface area (Å²) in [6.45, 7) is 1.84. The van der Waals surface area contributed by atoms with E-state index in [0.29, 0.717) is 5.56 Å². The first kappa shape index (κ1) is 13.6. The van der Waals surface area contributed by atoms with Crippen LogP contribution in [-0.4, -0.2) is 26.8 Å². The Morgan fingerprint density at radius 2 is 1.94 bits per heavy atom. The molecule has 5 nitrogen and oxygen atoms in total. The largest absolute Gasteiger partial charge is 0.280 e. The molecule has 0 aliphatic heterocycles. The zero-order chi connectivity index (χ0) is 13.1. The lowest BCUT2D eigenvalue weighted by Crippen LogP contribution is -2.37. The Morgan fingerprint density at radius 1 is 1.35 bits per heavy atom. The molecule has 0 radical (unpaired) electrons. The van der Waals surface area contributed by atoms with E-state index >= 15 is 0 Å². The van der Waals surface area contributed by atoms with Crippen LogP contribution in [0, 0.1) is 18.3 Å². The van der Waals surface area contributed by atoms with Crippen LogP contribution in [-0.2, 0) is 10.2 Å². The van der Waals surface area contributed by atoms with Crippen molar-refractivity contribution < 1.29 is 8.42 Å². The van der Waals surface area contributed by atoms with Gasteiger partial charge in [-0.1, -0.05) is 24.3 Å².